The minimum Gasteiger partial charge on any atom is -0.484 e. The maximum Gasteiger partial charge on any atom is 0.411 e. The molecule has 0 heterocycles. The normalized spacial score (nSPS) is 9.96. The van der Waals surface area contributed by atoms with Gasteiger partial charge in [0.25, 0.3) is 5.91 Å². The first-order valence-corrected chi connectivity index (χ1v) is 6.80. The highest BCUT2D eigenvalue weighted by Gasteiger charge is 2.08. The van der Waals surface area contributed by atoms with E-state index in [2.05, 4.69) is 15.4 Å². The predicted molar refractivity (Wildman–Crippen MR) is 83.0 cm³/mol. The van der Waals surface area contributed by atoms with Crippen molar-refractivity contribution in [1.29, 1.82) is 0 Å². The van der Waals surface area contributed by atoms with E-state index < -0.39 is 23.6 Å². The molecular formula is C16H14F2N2O4. The van der Waals surface area contributed by atoms with Gasteiger partial charge in [0.05, 0.1) is 7.11 Å². The van der Waals surface area contributed by atoms with Crippen LogP contribution in [0.5, 0.6) is 5.75 Å². The summed E-state index contributed by atoms with van der Waals surface area (Å²) in [6.45, 7) is -0.347. The molecule has 0 unspecified atom stereocenters. The second kappa shape index (κ2) is 7.91. The Morgan fingerprint density at radius 2 is 1.75 bits per heavy atom. The number of rotatable bonds is 5. The van der Waals surface area contributed by atoms with Gasteiger partial charge in [-0.3, -0.25) is 10.1 Å². The molecule has 2 amide bonds. The van der Waals surface area contributed by atoms with Gasteiger partial charge < -0.3 is 14.8 Å². The number of ether oxygens (including phenoxy) is 2. The number of nitrogens with one attached hydrogen (secondary N) is 2. The summed E-state index contributed by atoms with van der Waals surface area (Å²) < 4.78 is 35.6. The lowest BCUT2D eigenvalue weighted by Gasteiger charge is -2.09. The molecule has 6 nitrogen and oxygen atoms in total. The van der Waals surface area contributed by atoms with Gasteiger partial charge in [-0.2, -0.15) is 0 Å². The summed E-state index contributed by atoms with van der Waals surface area (Å²) in [5.41, 5.74) is 0.545. The van der Waals surface area contributed by atoms with E-state index in [0.717, 1.165) is 12.1 Å². The zero-order chi connectivity index (χ0) is 17.5. The molecule has 0 spiro atoms. The number of carbonyl (C=O) groups excluding carboxylic acids is 2. The molecule has 0 radical (unpaired) electrons. The quantitative estimate of drug-likeness (QED) is 0.879. The van der Waals surface area contributed by atoms with Crippen molar-refractivity contribution in [3.8, 4) is 5.75 Å². The topological polar surface area (TPSA) is 76.7 Å². The van der Waals surface area contributed by atoms with Crippen LogP contribution in [-0.2, 0) is 9.53 Å². The third-order valence-electron chi connectivity index (χ3n) is 2.84. The Hall–Kier alpha value is -3.16. The predicted octanol–water partition coefficient (Wildman–Crippen LogP) is 3.16. The number of hydrogen-bond donors (Lipinski definition) is 2. The Labute approximate surface area is 136 Å². The smallest absolute Gasteiger partial charge is 0.411 e. The maximum absolute atomic E-state index is 13.1. The van der Waals surface area contributed by atoms with Crippen LogP contribution in [0.2, 0.25) is 0 Å². The lowest BCUT2D eigenvalue weighted by Crippen LogP contribution is -2.20. The molecule has 0 aliphatic rings. The molecule has 0 aliphatic heterocycles. The number of halogens is 2. The fraction of sp³-hybridized carbons (Fsp3) is 0.125. The van der Waals surface area contributed by atoms with Crippen LogP contribution >= 0.6 is 0 Å². The van der Waals surface area contributed by atoms with Crippen LogP contribution < -0.4 is 15.4 Å². The van der Waals surface area contributed by atoms with Gasteiger partial charge in [0.15, 0.2) is 18.2 Å². The van der Waals surface area contributed by atoms with E-state index in [1.807, 2.05) is 0 Å². The van der Waals surface area contributed by atoms with Gasteiger partial charge in [0.1, 0.15) is 5.75 Å². The Morgan fingerprint density at radius 1 is 1.00 bits per heavy atom. The van der Waals surface area contributed by atoms with Crippen molar-refractivity contribution in [2.75, 3.05) is 24.4 Å². The van der Waals surface area contributed by atoms with Gasteiger partial charge >= 0.3 is 6.09 Å². The van der Waals surface area contributed by atoms with Crippen LogP contribution in [0, 0.1) is 11.6 Å². The second-order valence-corrected chi connectivity index (χ2v) is 4.61. The average molecular weight is 336 g/mol. The Balaban J connectivity index is 1.90. The van der Waals surface area contributed by atoms with Crippen LogP contribution in [0.1, 0.15) is 0 Å². The minimum atomic E-state index is -1.06. The number of benzene rings is 2. The van der Waals surface area contributed by atoms with Crippen LogP contribution in [0.25, 0.3) is 0 Å². The third kappa shape index (κ3) is 4.94. The number of hydrogen-bond acceptors (Lipinski definition) is 4. The SMILES string of the molecule is COC(=O)Nc1cccc(OCC(=O)Nc2ccc(F)c(F)c2)c1. The highest BCUT2D eigenvalue weighted by atomic mass is 19.2. The average Bonchev–Trinajstić information content (AvgIpc) is 2.56. The highest BCUT2D eigenvalue weighted by Crippen LogP contribution is 2.18. The molecule has 2 aromatic rings. The van der Waals surface area contributed by atoms with E-state index in [1.54, 1.807) is 18.2 Å². The molecule has 0 fully saturated rings. The summed E-state index contributed by atoms with van der Waals surface area (Å²) in [7, 11) is 1.23. The van der Waals surface area contributed by atoms with E-state index >= 15 is 0 Å². The lowest BCUT2D eigenvalue weighted by atomic mass is 10.3. The van der Waals surface area contributed by atoms with Gasteiger partial charge in [-0.15, -0.1) is 0 Å². The summed E-state index contributed by atoms with van der Waals surface area (Å²) in [5, 5.41) is 4.83. The molecule has 126 valence electrons. The highest BCUT2D eigenvalue weighted by molar-refractivity contribution is 5.91. The van der Waals surface area contributed by atoms with E-state index in [9.17, 15) is 18.4 Å². The molecule has 2 rings (SSSR count). The summed E-state index contributed by atoms with van der Waals surface area (Å²) in [6, 6.07) is 9.34. The molecule has 2 N–H and O–H groups in total. The van der Waals surface area contributed by atoms with Crippen molar-refractivity contribution in [2.24, 2.45) is 0 Å². The molecule has 0 aliphatic carbocycles. The van der Waals surface area contributed by atoms with Crippen molar-refractivity contribution in [3.05, 3.63) is 54.1 Å². The summed E-state index contributed by atoms with van der Waals surface area (Å²) in [5.74, 6) is -2.27. The van der Waals surface area contributed by atoms with Crippen molar-refractivity contribution in [3.63, 3.8) is 0 Å². The molecule has 2 aromatic carbocycles. The van der Waals surface area contributed by atoms with Crippen molar-refractivity contribution in [2.45, 2.75) is 0 Å². The van der Waals surface area contributed by atoms with Gasteiger partial charge in [0, 0.05) is 23.5 Å². The van der Waals surface area contributed by atoms with E-state index in [-0.39, 0.29) is 12.3 Å². The molecule has 0 bridgehead atoms. The monoisotopic (exact) mass is 336 g/mol. The van der Waals surface area contributed by atoms with E-state index in [0.29, 0.717) is 11.4 Å². The first-order valence-electron chi connectivity index (χ1n) is 6.80. The van der Waals surface area contributed by atoms with Gasteiger partial charge in [-0.1, -0.05) is 6.07 Å². The zero-order valence-corrected chi connectivity index (χ0v) is 12.6. The Morgan fingerprint density at radius 3 is 2.46 bits per heavy atom. The minimum absolute atomic E-state index is 0.114. The summed E-state index contributed by atoms with van der Waals surface area (Å²) in [4.78, 5) is 22.9. The zero-order valence-electron chi connectivity index (χ0n) is 12.6. The fourth-order valence-corrected chi connectivity index (χ4v) is 1.75. The largest absolute Gasteiger partial charge is 0.484 e. The van der Waals surface area contributed by atoms with Gasteiger partial charge in [-0.05, 0) is 24.3 Å². The number of amides is 2. The Bertz CT molecular complexity index is 753. The Kier molecular flexibility index (Phi) is 5.67. The molecule has 0 saturated carbocycles. The van der Waals surface area contributed by atoms with Crippen LogP contribution in [0.15, 0.2) is 42.5 Å². The molecule has 24 heavy (non-hydrogen) atoms. The number of anilines is 2. The van der Waals surface area contributed by atoms with Crippen molar-refractivity contribution >= 4 is 23.4 Å². The van der Waals surface area contributed by atoms with Crippen LogP contribution in [0.4, 0.5) is 25.0 Å². The van der Waals surface area contributed by atoms with E-state index in [1.165, 1.54) is 19.2 Å². The first kappa shape index (κ1) is 17.2. The standard InChI is InChI=1S/C16H14F2N2O4/c1-23-16(22)20-10-3-2-4-12(7-10)24-9-15(21)19-11-5-6-13(17)14(18)8-11/h2-8H,9H2,1H3,(H,19,21)(H,20,22). The lowest BCUT2D eigenvalue weighted by molar-refractivity contribution is -0.118. The molecule has 0 aromatic heterocycles. The first-order chi connectivity index (χ1) is 11.5. The summed E-state index contributed by atoms with van der Waals surface area (Å²) in [6.07, 6.45) is -0.636. The number of methoxy groups -OCH3 is 1. The maximum atomic E-state index is 13.1. The molecular weight excluding hydrogens is 322 g/mol. The van der Waals surface area contributed by atoms with Crippen molar-refractivity contribution in [1.82, 2.24) is 0 Å². The second-order valence-electron chi connectivity index (χ2n) is 4.61. The van der Waals surface area contributed by atoms with Crippen LogP contribution in [-0.4, -0.2) is 25.7 Å². The third-order valence-corrected chi connectivity index (χ3v) is 2.84. The van der Waals surface area contributed by atoms with Gasteiger partial charge in [-0.25, -0.2) is 13.6 Å². The molecule has 0 atom stereocenters. The van der Waals surface area contributed by atoms with Crippen molar-refractivity contribution < 1.29 is 27.8 Å². The van der Waals surface area contributed by atoms with Gasteiger partial charge in [0.2, 0.25) is 0 Å². The summed E-state index contributed by atoms with van der Waals surface area (Å²) >= 11 is 0. The van der Waals surface area contributed by atoms with E-state index in [4.69, 9.17) is 4.74 Å². The molecule has 0 saturated heterocycles. The number of carbonyl (C=O) groups is 2. The van der Waals surface area contributed by atoms with Crippen LogP contribution in [0.3, 0.4) is 0 Å². The fourth-order valence-electron chi connectivity index (χ4n) is 1.75. The molecule has 8 heteroatoms.